The van der Waals surface area contributed by atoms with Crippen molar-refractivity contribution in [1.29, 1.82) is 0 Å². The van der Waals surface area contributed by atoms with Gasteiger partial charge in [0.25, 0.3) is 5.69 Å². The molecule has 0 aliphatic rings. The van der Waals surface area contributed by atoms with E-state index in [2.05, 4.69) is 31.0 Å². The third kappa shape index (κ3) is 9.53. The number of benzene rings is 1. The molecule has 0 aromatic heterocycles. The maximum absolute atomic E-state index is 10.5. The van der Waals surface area contributed by atoms with Gasteiger partial charge in [0.2, 0.25) is 0 Å². The smallest absolute Gasteiger partial charge is 0.269 e. The van der Waals surface area contributed by atoms with Gasteiger partial charge >= 0.3 is 0 Å². The van der Waals surface area contributed by atoms with Crippen molar-refractivity contribution in [3.8, 4) is 0 Å². The topological polar surface area (TPSA) is 55.2 Å². The van der Waals surface area contributed by atoms with Crippen molar-refractivity contribution in [3.63, 3.8) is 0 Å². The fraction of sp³-hybridized carbons (Fsp3) is 0.333. The minimum Gasteiger partial charge on any atom is -0.385 e. The second-order valence-electron chi connectivity index (χ2n) is 4.62. The number of nitro benzene ring substituents is 1. The number of nitrogens with one attached hydrogen (secondary N) is 1. The van der Waals surface area contributed by atoms with Gasteiger partial charge in [0.1, 0.15) is 0 Å². The number of hydrogen-bond acceptors (Lipinski definition) is 3. The lowest BCUT2D eigenvalue weighted by Gasteiger charge is -2.05. The molecule has 0 heterocycles. The van der Waals surface area contributed by atoms with E-state index in [1.807, 2.05) is 26.0 Å². The molecule has 120 valence electrons. The molecule has 4 heteroatoms. The number of hydrogen-bond donors (Lipinski definition) is 1. The van der Waals surface area contributed by atoms with Crippen LogP contribution in [0.4, 0.5) is 11.4 Å². The second-order valence-corrected chi connectivity index (χ2v) is 4.62. The number of non-ortho nitro benzene ring substituents is 1. The summed E-state index contributed by atoms with van der Waals surface area (Å²) in [6.07, 6.45) is 10.1. The molecule has 0 amide bonds. The molecule has 0 spiro atoms. The van der Waals surface area contributed by atoms with Crippen molar-refractivity contribution in [3.05, 3.63) is 70.8 Å². The summed E-state index contributed by atoms with van der Waals surface area (Å²) >= 11 is 0. The predicted octanol–water partition coefficient (Wildman–Crippen LogP) is 5.50. The first-order chi connectivity index (χ1) is 10.5. The van der Waals surface area contributed by atoms with Gasteiger partial charge in [0.05, 0.1) is 4.92 Å². The molecule has 0 unspecified atom stereocenters. The molecule has 1 aromatic rings. The molecule has 0 atom stereocenters. The predicted molar refractivity (Wildman–Crippen MR) is 95.3 cm³/mol. The lowest BCUT2D eigenvalue weighted by atomic mass is 10.2. The summed E-state index contributed by atoms with van der Waals surface area (Å²) in [7, 11) is 0. The number of rotatable bonds is 7. The Bertz CT molecular complexity index is 502. The molecule has 0 radical (unpaired) electrons. The molecule has 1 rings (SSSR count). The highest BCUT2D eigenvalue weighted by molar-refractivity contribution is 5.48. The van der Waals surface area contributed by atoms with Crippen molar-refractivity contribution >= 4 is 11.4 Å². The van der Waals surface area contributed by atoms with Crippen LogP contribution in [0.2, 0.25) is 0 Å². The van der Waals surface area contributed by atoms with E-state index in [-0.39, 0.29) is 5.69 Å². The monoisotopic (exact) mass is 302 g/mol. The maximum atomic E-state index is 10.5. The van der Waals surface area contributed by atoms with Gasteiger partial charge in [-0.15, -0.1) is 0 Å². The van der Waals surface area contributed by atoms with Crippen LogP contribution in [0.3, 0.4) is 0 Å². The fourth-order valence-electron chi connectivity index (χ4n) is 1.62. The SMILES string of the molecule is C/C=C/CC.C=C(/C=C\C)CCNc1ccc([N+](=O)[O-])cc1. The molecule has 4 nitrogen and oxygen atoms in total. The lowest BCUT2D eigenvalue weighted by Crippen LogP contribution is -2.01. The Labute approximate surface area is 133 Å². The zero-order valence-corrected chi connectivity index (χ0v) is 13.7. The number of nitro groups is 1. The molecule has 0 bridgehead atoms. The van der Waals surface area contributed by atoms with Crippen LogP contribution in [-0.4, -0.2) is 11.5 Å². The molecule has 0 saturated heterocycles. The first-order valence-electron chi connectivity index (χ1n) is 7.45. The van der Waals surface area contributed by atoms with E-state index >= 15 is 0 Å². The van der Waals surface area contributed by atoms with Gasteiger partial charge in [-0.05, 0) is 38.8 Å². The normalized spacial score (nSPS) is 10.3. The molecule has 22 heavy (non-hydrogen) atoms. The van der Waals surface area contributed by atoms with E-state index in [1.165, 1.54) is 12.1 Å². The Hall–Kier alpha value is -2.36. The van der Waals surface area contributed by atoms with Crippen LogP contribution in [0.25, 0.3) is 0 Å². The van der Waals surface area contributed by atoms with E-state index in [9.17, 15) is 10.1 Å². The third-order valence-corrected chi connectivity index (χ3v) is 2.73. The van der Waals surface area contributed by atoms with E-state index in [0.29, 0.717) is 0 Å². The van der Waals surface area contributed by atoms with Gasteiger partial charge in [0, 0.05) is 24.4 Å². The zero-order valence-electron chi connectivity index (χ0n) is 13.7. The Kier molecular flexibility index (Phi) is 11.1. The first kappa shape index (κ1) is 19.6. The lowest BCUT2D eigenvalue weighted by molar-refractivity contribution is -0.384. The molecule has 1 N–H and O–H groups in total. The van der Waals surface area contributed by atoms with Gasteiger partial charge in [-0.1, -0.05) is 43.4 Å². The van der Waals surface area contributed by atoms with Crippen LogP contribution >= 0.6 is 0 Å². The minimum absolute atomic E-state index is 0.105. The Morgan fingerprint density at radius 1 is 1.27 bits per heavy atom. The van der Waals surface area contributed by atoms with Crippen molar-refractivity contribution in [2.45, 2.75) is 33.6 Å². The molecule has 1 aromatic carbocycles. The highest BCUT2D eigenvalue weighted by atomic mass is 16.6. The molecule has 0 saturated carbocycles. The highest BCUT2D eigenvalue weighted by Gasteiger charge is 2.03. The number of nitrogens with zero attached hydrogens (tertiary/aromatic N) is 1. The third-order valence-electron chi connectivity index (χ3n) is 2.73. The summed E-state index contributed by atoms with van der Waals surface area (Å²) in [6, 6.07) is 6.39. The van der Waals surface area contributed by atoms with Crippen LogP contribution in [0, 0.1) is 10.1 Å². The van der Waals surface area contributed by atoms with Crippen LogP contribution in [-0.2, 0) is 0 Å². The van der Waals surface area contributed by atoms with E-state index in [1.54, 1.807) is 12.1 Å². The minimum atomic E-state index is -0.405. The number of anilines is 1. The average Bonchev–Trinajstić information content (AvgIpc) is 2.49. The largest absolute Gasteiger partial charge is 0.385 e. The summed E-state index contributed by atoms with van der Waals surface area (Å²) < 4.78 is 0. The molecule has 0 aliphatic heterocycles. The van der Waals surface area contributed by atoms with Crippen molar-refractivity contribution in [2.24, 2.45) is 0 Å². The van der Waals surface area contributed by atoms with Crippen LogP contribution in [0.15, 0.2) is 60.7 Å². The van der Waals surface area contributed by atoms with Crippen LogP contribution < -0.4 is 5.32 Å². The van der Waals surface area contributed by atoms with Crippen molar-refractivity contribution in [1.82, 2.24) is 0 Å². The molecule has 0 aliphatic carbocycles. The Morgan fingerprint density at radius 2 is 1.91 bits per heavy atom. The summed E-state index contributed by atoms with van der Waals surface area (Å²) in [5.74, 6) is 0. The standard InChI is InChI=1S/C13H16N2O2.C5H10/c1-3-4-11(2)9-10-14-12-5-7-13(8-6-12)15(16)17;1-3-5-4-2/h3-8,14H,2,9-10H2,1H3;3,5H,4H2,1-2H3/b4-3-;5-3+. The van der Waals surface area contributed by atoms with Crippen LogP contribution in [0.5, 0.6) is 0 Å². The Balaban J connectivity index is 0.000000763. The first-order valence-corrected chi connectivity index (χ1v) is 7.45. The quantitative estimate of drug-likeness (QED) is 0.313. The van der Waals surface area contributed by atoms with Gasteiger partial charge in [-0.3, -0.25) is 10.1 Å². The Morgan fingerprint density at radius 3 is 2.32 bits per heavy atom. The van der Waals surface area contributed by atoms with E-state index < -0.39 is 4.92 Å². The maximum Gasteiger partial charge on any atom is 0.269 e. The molecule has 0 fully saturated rings. The van der Waals surface area contributed by atoms with E-state index in [0.717, 1.165) is 30.6 Å². The summed E-state index contributed by atoms with van der Waals surface area (Å²) in [5.41, 5.74) is 2.04. The molecular formula is C18H26N2O2. The van der Waals surface area contributed by atoms with Gasteiger partial charge in [0.15, 0.2) is 0 Å². The number of allylic oxidation sites excluding steroid dienone is 4. The van der Waals surface area contributed by atoms with Gasteiger partial charge in [-0.25, -0.2) is 0 Å². The van der Waals surface area contributed by atoms with Crippen molar-refractivity contribution in [2.75, 3.05) is 11.9 Å². The fourth-order valence-corrected chi connectivity index (χ4v) is 1.62. The molecular weight excluding hydrogens is 276 g/mol. The van der Waals surface area contributed by atoms with Gasteiger partial charge < -0.3 is 5.32 Å². The summed E-state index contributed by atoms with van der Waals surface area (Å²) in [4.78, 5) is 10.0. The van der Waals surface area contributed by atoms with E-state index in [4.69, 9.17) is 0 Å². The van der Waals surface area contributed by atoms with Gasteiger partial charge in [-0.2, -0.15) is 0 Å². The summed E-state index contributed by atoms with van der Waals surface area (Å²) in [5, 5.41) is 13.6. The summed E-state index contributed by atoms with van der Waals surface area (Å²) in [6.45, 7) is 10.8. The van der Waals surface area contributed by atoms with Crippen molar-refractivity contribution < 1.29 is 4.92 Å². The highest BCUT2D eigenvalue weighted by Crippen LogP contribution is 2.15. The second kappa shape index (κ2) is 12.4. The van der Waals surface area contributed by atoms with Crippen LogP contribution in [0.1, 0.15) is 33.6 Å². The average molecular weight is 302 g/mol. The zero-order chi connectivity index (χ0) is 16.8.